The van der Waals surface area contributed by atoms with E-state index in [0.29, 0.717) is 30.1 Å². The van der Waals surface area contributed by atoms with Crippen LogP contribution in [-0.2, 0) is 6.18 Å². The van der Waals surface area contributed by atoms with Gasteiger partial charge in [-0.15, -0.1) is 0 Å². The van der Waals surface area contributed by atoms with Gasteiger partial charge in [-0.05, 0) is 62.8 Å². The second-order valence-corrected chi connectivity index (χ2v) is 11.3. The summed E-state index contributed by atoms with van der Waals surface area (Å²) in [6, 6.07) is 7.14. The second kappa shape index (κ2) is 10.9. The first-order valence-electron chi connectivity index (χ1n) is 13.7. The van der Waals surface area contributed by atoms with Crippen molar-refractivity contribution in [3.8, 4) is 0 Å². The van der Waals surface area contributed by atoms with E-state index in [1.165, 1.54) is 0 Å². The Morgan fingerprint density at radius 1 is 1.12 bits per heavy atom. The van der Waals surface area contributed by atoms with Crippen molar-refractivity contribution in [3.63, 3.8) is 0 Å². The van der Waals surface area contributed by atoms with Gasteiger partial charge in [-0.1, -0.05) is 13.0 Å². The lowest BCUT2D eigenvalue weighted by Gasteiger charge is -2.39. The third-order valence-electron chi connectivity index (χ3n) is 8.09. The van der Waals surface area contributed by atoms with Crippen molar-refractivity contribution in [2.75, 3.05) is 37.6 Å². The number of fused-ring (bicyclic) bond motifs is 1. The van der Waals surface area contributed by atoms with E-state index in [-0.39, 0.29) is 25.3 Å². The first-order valence-corrected chi connectivity index (χ1v) is 13.7. The molecule has 2 unspecified atom stereocenters. The van der Waals surface area contributed by atoms with Gasteiger partial charge in [0.25, 0.3) is 5.91 Å². The van der Waals surface area contributed by atoms with Crippen LogP contribution in [0.4, 0.5) is 23.4 Å². The van der Waals surface area contributed by atoms with Crippen LogP contribution in [0.15, 0.2) is 36.7 Å². The van der Waals surface area contributed by atoms with E-state index >= 15 is 0 Å². The van der Waals surface area contributed by atoms with Gasteiger partial charge in [0, 0.05) is 56.1 Å². The Labute approximate surface area is 231 Å². The van der Waals surface area contributed by atoms with Crippen molar-refractivity contribution in [2.45, 2.75) is 57.9 Å². The van der Waals surface area contributed by atoms with Crippen molar-refractivity contribution in [1.29, 1.82) is 0 Å². The minimum Gasteiger partial charge on any atom is -0.356 e. The molecule has 5 rings (SSSR count). The Bertz CT molecular complexity index is 1370. The Balaban J connectivity index is 1.38. The maximum atomic E-state index is 14.5. The molecule has 2 aliphatic rings. The Kier molecular flexibility index (Phi) is 7.69. The SMILES string of the molecule is Cc1ccc2nc(N3CCC(C)C3)ccc2c1C(=O)NCC(c1cnc(C(F)(F)F)nc1)N1CCC(C)(F)CC1. The summed E-state index contributed by atoms with van der Waals surface area (Å²) < 4.78 is 53.7. The van der Waals surface area contributed by atoms with Crippen LogP contribution in [0.1, 0.15) is 66.5 Å². The highest BCUT2D eigenvalue weighted by Crippen LogP contribution is 2.32. The first kappa shape index (κ1) is 28.2. The highest BCUT2D eigenvalue weighted by atomic mass is 19.4. The van der Waals surface area contributed by atoms with Crippen LogP contribution in [0.5, 0.6) is 0 Å². The molecule has 1 aromatic carbocycles. The van der Waals surface area contributed by atoms with Gasteiger partial charge in [0.05, 0.1) is 17.1 Å². The molecule has 2 aliphatic heterocycles. The van der Waals surface area contributed by atoms with E-state index in [2.05, 4.69) is 27.1 Å². The van der Waals surface area contributed by atoms with Crippen molar-refractivity contribution < 1.29 is 22.4 Å². The number of hydrogen-bond donors (Lipinski definition) is 1. The molecule has 2 saturated heterocycles. The highest BCUT2D eigenvalue weighted by Gasteiger charge is 2.36. The fourth-order valence-electron chi connectivity index (χ4n) is 5.62. The van der Waals surface area contributed by atoms with Crippen LogP contribution in [0, 0.1) is 12.8 Å². The van der Waals surface area contributed by atoms with Gasteiger partial charge in [-0.25, -0.2) is 19.3 Å². The molecule has 2 aromatic heterocycles. The zero-order chi connectivity index (χ0) is 28.7. The molecule has 4 heterocycles. The number of likely N-dealkylation sites (tertiary alicyclic amines) is 1. The maximum Gasteiger partial charge on any atom is 0.451 e. The molecule has 11 heteroatoms. The quantitative estimate of drug-likeness (QED) is 0.403. The largest absolute Gasteiger partial charge is 0.451 e. The summed E-state index contributed by atoms with van der Waals surface area (Å²) in [4.78, 5) is 29.6. The number of aromatic nitrogens is 3. The summed E-state index contributed by atoms with van der Waals surface area (Å²) in [5.41, 5.74) is 1.13. The molecule has 214 valence electrons. The Morgan fingerprint density at radius 2 is 1.82 bits per heavy atom. The number of nitrogens with zero attached hydrogens (tertiary/aromatic N) is 5. The molecule has 3 aromatic rings. The monoisotopic (exact) mass is 558 g/mol. The number of alkyl halides is 4. The maximum absolute atomic E-state index is 14.5. The van der Waals surface area contributed by atoms with Crippen molar-refractivity contribution in [1.82, 2.24) is 25.2 Å². The molecule has 2 fully saturated rings. The number of amides is 1. The molecule has 40 heavy (non-hydrogen) atoms. The molecular formula is C29H34F4N6O. The first-order chi connectivity index (χ1) is 18.9. The van der Waals surface area contributed by atoms with Crippen LogP contribution in [0.2, 0.25) is 0 Å². The topological polar surface area (TPSA) is 74.2 Å². The molecule has 0 radical (unpaired) electrons. The lowest BCUT2D eigenvalue weighted by atomic mass is 9.93. The van der Waals surface area contributed by atoms with Crippen molar-refractivity contribution in [3.05, 3.63) is 59.2 Å². The second-order valence-electron chi connectivity index (χ2n) is 11.3. The summed E-state index contributed by atoms with van der Waals surface area (Å²) in [6.07, 6.45) is -0.687. The van der Waals surface area contributed by atoms with E-state index in [1.807, 2.05) is 36.1 Å². The van der Waals surface area contributed by atoms with Gasteiger partial charge in [0.2, 0.25) is 5.82 Å². The predicted molar refractivity (Wildman–Crippen MR) is 145 cm³/mol. The van der Waals surface area contributed by atoms with Crippen LogP contribution >= 0.6 is 0 Å². The number of carbonyl (C=O) groups is 1. The smallest absolute Gasteiger partial charge is 0.356 e. The number of anilines is 1. The van der Waals surface area contributed by atoms with E-state index < -0.39 is 23.7 Å². The van der Waals surface area contributed by atoms with Gasteiger partial charge in [-0.3, -0.25) is 9.69 Å². The number of rotatable bonds is 6. The fourth-order valence-corrected chi connectivity index (χ4v) is 5.62. The summed E-state index contributed by atoms with van der Waals surface area (Å²) in [6.45, 7) is 8.42. The minimum atomic E-state index is -4.66. The number of halogens is 4. The van der Waals surface area contributed by atoms with Crippen molar-refractivity contribution in [2.24, 2.45) is 5.92 Å². The molecule has 0 aliphatic carbocycles. The van der Waals surface area contributed by atoms with Gasteiger partial charge in [-0.2, -0.15) is 13.2 Å². The van der Waals surface area contributed by atoms with Gasteiger partial charge in [0.15, 0.2) is 0 Å². The van der Waals surface area contributed by atoms with Crippen LogP contribution < -0.4 is 10.2 Å². The van der Waals surface area contributed by atoms with E-state index in [0.717, 1.165) is 54.2 Å². The van der Waals surface area contributed by atoms with Gasteiger partial charge >= 0.3 is 6.18 Å². The number of benzene rings is 1. The summed E-state index contributed by atoms with van der Waals surface area (Å²) in [5.74, 6) is -0.0360. The molecule has 0 spiro atoms. The molecule has 2 atom stereocenters. The summed E-state index contributed by atoms with van der Waals surface area (Å²) >= 11 is 0. The lowest BCUT2D eigenvalue weighted by Crippen LogP contribution is -2.45. The number of carbonyl (C=O) groups excluding carboxylic acids is 1. The average molecular weight is 559 g/mol. The van der Waals surface area contributed by atoms with Crippen LogP contribution in [0.3, 0.4) is 0 Å². The van der Waals surface area contributed by atoms with Gasteiger partial charge < -0.3 is 10.2 Å². The summed E-state index contributed by atoms with van der Waals surface area (Å²) in [5, 5.41) is 3.71. The number of nitrogens with one attached hydrogen (secondary N) is 1. The number of aryl methyl sites for hydroxylation is 1. The fraction of sp³-hybridized carbons (Fsp3) is 0.517. The standard InChI is InChI=1S/C29H34F4N6O/c1-18-8-11-39(17-18)24-7-5-21-22(37-24)6-4-19(2)25(21)26(40)34-16-23(38-12-9-28(3,30)10-13-38)20-14-35-27(36-15-20)29(31,32)33/h4-7,14-15,18,23H,8-13,16-17H2,1-3H3,(H,34,40). The van der Waals surface area contributed by atoms with E-state index in [9.17, 15) is 22.4 Å². The molecule has 0 saturated carbocycles. The molecule has 1 amide bonds. The molecule has 0 bridgehead atoms. The number of hydrogen-bond acceptors (Lipinski definition) is 6. The number of pyridine rings is 1. The zero-order valence-corrected chi connectivity index (χ0v) is 22.9. The third kappa shape index (κ3) is 6.04. The van der Waals surface area contributed by atoms with E-state index in [1.54, 1.807) is 6.92 Å². The molecule has 1 N–H and O–H groups in total. The van der Waals surface area contributed by atoms with E-state index in [4.69, 9.17) is 4.98 Å². The Hall–Kier alpha value is -3.34. The average Bonchev–Trinajstić information content (AvgIpc) is 3.35. The predicted octanol–water partition coefficient (Wildman–Crippen LogP) is 5.49. The molecule has 7 nitrogen and oxygen atoms in total. The van der Waals surface area contributed by atoms with Gasteiger partial charge in [0.1, 0.15) is 11.5 Å². The van der Waals surface area contributed by atoms with Crippen LogP contribution in [-0.4, -0.2) is 64.2 Å². The van der Waals surface area contributed by atoms with Crippen molar-refractivity contribution >= 4 is 22.6 Å². The lowest BCUT2D eigenvalue weighted by molar-refractivity contribution is -0.145. The Morgan fingerprint density at radius 3 is 2.45 bits per heavy atom. The number of piperidine rings is 1. The normalized spacial score (nSPS) is 20.6. The third-order valence-corrected chi connectivity index (χ3v) is 8.09. The molecular weight excluding hydrogens is 524 g/mol. The zero-order valence-electron chi connectivity index (χ0n) is 22.9. The minimum absolute atomic E-state index is 0.101. The summed E-state index contributed by atoms with van der Waals surface area (Å²) in [7, 11) is 0. The highest BCUT2D eigenvalue weighted by molar-refractivity contribution is 6.07. The van der Waals surface area contributed by atoms with Crippen LogP contribution in [0.25, 0.3) is 10.9 Å².